The maximum atomic E-state index is 2.47. The van der Waals surface area contributed by atoms with Gasteiger partial charge in [-0.25, -0.2) is 0 Å². The van der Waals surface area contributed by atoms with E-state index in [1.54, 1.807) is 0 Å². The lowest BCUT2D eigenvalue weighted by Crippen LogP contribution is -2.30. The Labute approximate surface area is 272 Å². The maximum Gasteiger partial charge on any atom is 0.0502 e. The molecule has 0 atom stereocenters. The molecule has 6 aromatic rings. The largest absolute Gasteiger partial charge is 0.310 e. The molecule has 0 aromatic heterocycles. The zero-order valence-corrected chi connectivity index (χ0v) is 27.0. The van der Waals surface area contributed by atoms with E-state index in [2.05, 4.69) is 171 Å². The van der Waals surface area contributed by atoms with Crippen molar-refractivity contribution in [1.82, 2.24) is 0 Å². The van der Waals surface area contributed by atoms with Gasteiger partial charge in [-0.2, -0.15) is 0 Å². The summed E-state index contributed by atoms with van der Waals surface area (Å²) in [4.78, 5) is 4.95. The van der Waals surface area contributed by atoms with Crippen molar-refractivity contribution < 1.29 is 0 Å². The molecule has 6 aromatic carbocycles. The molecule has 0 saturated carbocycles. The van der Waals surface area contributed by atoms with E-state index in [9.17, 15) is 0 Å². The molecule has 0 spiro atoms. The summed E-state index contributed by atoms with van der Waals surface area (Å²) in [5, 5.41) is 0. The molecule has 2 nitrogen and oxygen atoms in total. The Balaban J connectivity index is 1.13. The fourth-order valence-corrected chi connectivity index (χ4v) is 8.54. The highest BCUT2D eigenvalue weighted by Gasteiger charge is 2.38. The van der Waals surface area contributed by atoms with Crippen LogP contribution in [0.2, 0.25) is 0 Å². The van der Waals surface area contributed by atoms with Gasteiger partial charge in [-0.05, 0) is 106 Å². The van der Waals surface area contributed by atoms with Crippen LogP contribution in [-0.2, 0) is 23.7 Å². The Morgan fingerprint density at radius 1 is 0.391 bits per heavy atom. The summed E-state index contributed by atoms with van der Waals surface area (Å²) in [6.45, 7) is 9.40. The van der Waals surface area contributed by atoms with Crippen molar-refractivity contribution >= 4 is 34.1 Å². The second-order valence-electron chi connectivity index (χ2n) is 14.2. The number of benzene rings is 6. The number of anilines is 6. The Morgan fingerprint density at radius 3 is 1.02 bits per heavy atom. The first kappa shape index (κ1) is 27.2. The fourth-order valence-electron chi connectivity index (χ4n) is 8.54. The van der Waals surface area contributed by atoms with Crippen LogP contribution in [-0.4, -0.2) is 0 Å². The average molecular weight is 595 g/mol. The van der Waals surface area contributed by atoms with Crippen molar-refractivity contribution in [1.29, 1.82) is 0 Å². The van der Waals surface area contributed by atoms with Gasteiger partial charge in [0.2, 0.25) is 0 Å². The lowest BCUT2D eigenvalue weighted by atomic mass is 9.73. The molecule has 0 amide bonds. The molecular weight excluding hydrogens is 556 g/mol. The van der Waals surface area contributed by atoms with Gasteiger partial charge in [-0.15, -0.1) is 0 Å². The summed E-state index contributed by atoms with van der Waals surface area (Å²) in [5.74, 6) is 0. The van der Waals surface area contributed by atoms with Crippen LogP contribution in [0, 0.1) is 0 Å². The Hall–Kier alpha value is -5.08. The minimum absolute atomic E-state index is 0.0559. The maximum absolute atomic E-state index is 2.47. The van der Waals surface area contributed by atoms with Gasteiger partial charge in [0.1, 0.15) is 0 Å². The van der Waals surface area contributed by atoms with Gasteiger partial charge in [0.05, 0.1) is 22.7 Å². The molecule has 3 aliphatic rings. The third kappa shape index (κ3) is 3.76. The van der Waals surface area contributed by atoms with Crippen LogP contribution >= 0.6 is 0 Å². The Bertz CT molecular complexity index is 1930. The molecule has 2 aliphatic heterocycles. The van der Waals surface area contributed by atoms with Crippen molar-refractivity contribution in [3.63, 3.8) is 0 Å². The van der Waals surface area contributed by atoms with Crippen molar-refractivity contribution in [3.05, 3.63) is 167 Å². The summed E-state index contributed by atoms with van der Waals surface area (Å²) in [6.07, 6.45) is 2.06. The summed E-state index contributed by atoms with van der Waals surface area (Å²) in [6, 6.07) is 49.9. The van der Waals surface area contributed by atoms with E-state index in [0.717, 1.165) is 12.8 Å². The molecular formula is C44H38N2. The standard InChI is InChI=1S/C44H38N2/c1-43(2)35-13-5-9-17-39(35)45(40-18-10-6-14-36(40)43)31-23-25-33-29(27-31)21-22-30-28-32(24-26-34(30)33)46-41-19-11-7-15-37(41)44(3,4)38-16-8-12-20-42(38)46/h5-20,23-28H,21-22H2,1-4H3. The Morgan fingerprint density at radius 2 is 0.696 bits per heavy atom. The molecule has 2 heteroatoms. The molecule has 0 unspecified atom stereocenters. The number of hydrogen-bond donors (Lipinski definition) is 0. The molecule has 0 bridgehead atoms. The van der Waals surface area contributed by atoms with Gasteiger partial charge in [0.15, 0.2) is 0 Å². The number of fused-ring (bicyclic) bond motifs is 7. The molecule has 46 heavy (non-hydrogen) atoms. The van der Waals surface area contributed by atoms with E-state index >= 15 is 0 Å². The SMILES string of the molecule is CC1(C)c2ccccc2N(c2ccc3c(c2)CCc2cc(N4c5ccccc5C(C)(C)c5ccccc54)ccc2-3)c2ccccc21. The lowest BCUT2D eigenvalue weighted by molar-refractivity contribution is 0.631. The predicted octanol–water partition coefficient (Wildman–Crippen LogP) is 11.7. The van der Waals surface area contributed by atoms with E-state index in [1.165, 1.54) is 78.6 Å². The topological polar surface area (TPSA) is 6.48 Å². The zero-order chi connectivity index (χ0) is 31.2. The van der Waals surface area contributed by atoms with Crippen molar-refractivity contribution in [2.24, 2.45) is 0 Å². The van der Waals surface area contributed by atoms with Crippen LogP contribution in [0.4, 0.5) is 34.1 Å². The molecule has 0 N–H and O–H groups in total. The number of rotatable bonds is 2. The second-order valence-corrected chi connectivity index (χ2v) is 14.2. The highest BCUT2D eigenvalue weighted by molar-refractivity contribution is 5.90. The number of para-hydroxylation sites is 4. The third-order valence-electron chi connectivity index (χ3n) is 10.9. The van der Waals surface area contributed by atoms with Gasteiger partial charge in [0, 0.05) is 22.2 Å². The molecule has 9 rings (SSSR count). The summed E-state index contributed by atoms with van der Waals surface area (Å²) in [5.41, 5.74) is 18.5. The Kier molecular flexibility index (Phi) is 5.75. The third-order valence-corrected chi connectivity index (χ3v) is 10.9. The highest BCUT2D eigenvalue weighted by atomic mass is 15.2. The van der Waals surface area contributed by atoms with Crippen molar-refractivity contribution in [3.8, 4) is 11.1 Å². The lowest BCUT2D eigenvalue weighted by Gasteiger charge is -2.42. The van der Waals surface area contributed by atoms with Crippen LogP contribution in [0.25, 0.3) is 11.1 Å². The number of nitrogens with zero attached hydrogens (tertiary/aromatic N) is 2. The monoisotopic (exact) mass is 594 g/mol. The quantitative estimate of drug-likeness (QED) is 0.197. The highest BCUT2D eigenvalue weighted by Crippen LogP contribution is 2.54. The van der Waals surface area contributed by atoms with E-state index in [0.29, 0.717) is 0 Å². The average Bonchev–Trinajstić information content (AvgIpc) is 3.08. The molecule has 0 fully saturated rings. The van der Waals surface area contributed by atoms with Gasteiger partial charge >= 0.3 is 0 Å². The molecule has 224 valence electrons. The number of hydrogen-bond acceptors (Lipinski definition) is 2. The molecule has 1 aliphatic carbocycles. The van der Waals surface area contributed by atoms with Crippen LogP contribution in [0.3, 0.4) is 0 Å². The van der Waals surface area contributed by atoms with E-state index in [1.807, 2.05) is 0 Å². The minimum atomic E-state index is -0.0559. The van der Waals surface area contributed by atoms with Gasteiger partial charge in [-0.3, -0.25) is 0 Å². The van der Waals surface area contributed by atoms with E-state index in [-0.39, 0.29) is 10.8 Å². The van der Waals surface area contributed by atoms with Gasteiger partial charge in [0.25, 0.3) is 0 Å². The minimum Gasteiger partial charge on any atom is -0.310 e. The number of aryl methyl sites for hydroxylation is 2. The van der Waals surface area contributed by atoms with E-state index < -0.39 is 0 Å². The van der Waals surface area contributed by atoms with Crippen LogP contribution in [0.5, 0.6) is 0 Å². The first-order chi connectivity index (χ1) is 22.3. The summed E-state index contributed by atoms with van der Waals surface area (Å²) < 4.78 is 0. The smallest absolute Gasteiger partial charge is 0.0502 e. The first-order valence-electron chi connectivity index (χ1n) is 16.6. The normalized spacial score (nSPS) is 16.3. The van der Waals surface area contributed by atoms with Crippen molar-refractivity contribution in [2.75, 3.05) is 9.80 Å². The first-order valence-corrected chi connectivity index (χ1v) is 16.6. The van der Waals surface area contributed by atoms with E-state index in [4.69, 9.17) is 0 Å². The van der Waals surface area contributed by atoms with Crippen LogP contribution < -0.4 is 9.80 Å². The predicted molar refractivity (Wildman–Crippen MR) is 193 cm³/mol. The molecule has 0 radical (unpaired) electrons. The second kappa shape index (κ2) is 9.71. The van der Waals surface area contributed by atoms with Gasteiger partial charge < -0.3 is 9.80 Å². The van der Waals surface area contributed by atoms with Crippen molar-refractivity contribution in [2.45, 2.75) is 51.4 Å². The molecule has 2 heterocycles. The summed E-state index contributed by atoms with van der Waals surface area (Å²) >= 11 is 0. The van der Waals surface area contributed by atoms with Gasteiger partial charge in [-0.1, -0.05) is 113 Å². The summed E-state index contributed by atoms with van der Waals surface area (Å²) in [7, 11) is 0. The fraction of sp³-hybridized carbons (Fsp3) is 0.182. The zero-order valence-electron chi connectivity index (χ0n) is 27.0. The van der Waals surface area contributed by atoms with Crippen LogP contribution in [0.15, 0.2) is 133 Å². The van der Waals surface area contributed by atoms with Crippen LogP contribution in [0.1, 0.15) is 61.1 Å². The molecule has 0 saturated heterocycles.